The number of benzene rings is 2. The summed E-state index contributed by atoms with van der Waals surface area (Å²) in [6.45, 7) is -0.249. The van der Waals surface area contributed by atoms with Gasteiger partial charge in [0, 0.05) is 5.56 Å². The molecule has 0 aliphatic heterocycles. The maximum absolute atomic E-state index is 13.1. The summed E-state index contributed by atoms with van der Waals surface area (Å²) in [6, 6.07) is 11.7. The second-order valence-electron chi connectivity index (χ2n) is 3.92. The lowest BCUT2D eigenvalue weighted by Gasteiger charge is -2.07. The van der Waals surface area contributed by atoms with Crippen LogP contribution in [0, 0.1) is 5.82 Å². The molecule has 0 radical (unpaired) electrons. The molecule has 1 aromatic heterocycles. The van der Waals surface area contributed by atoms with Gasteiger partial charge in [-0.1, -0.05) is 17.3 Å². The second kappa shape index (κ2) is 4.19. The van der Waals surface area contributed by atoms with E-state index in [9.17, 15) is 9.50 Å². The van der Waals surface area contributed by atoms with Crippen molar-refractivity contribution in [3.05, 3.63) is 53.8 Å². The first-order valence-electron chi connectivity index (χ1n) is 5.49. The van der Waals surface area contributed by atoms with Crippen molar-refractivity contribution < 1.29 is 9.50 Å². The molecule has 1 N–H and O–H groups in total. The number of hydrogen-bond donors (Lipinski definition) is 1. The van der Waals surface area contributed by atoms with Crippen molar-refractivity contribution >= 4 is 11.0 Å². The molecular weight excluding hydrogens is 233 g/mol. The highest BCUT2D eigenvalue weighted by molar-refractivity contribution is 5.76. The molecule has 0 aliphatic carbocycles. The summed E-state index contributed by atoms with van der Waals surface area (Å²) in [6.07, 6.45) is 0. The van der Waals surface area contributed by atoms with Crippen LogP contribution in [0.1, 0.15) is 5.56 Å². The van der Waals surface area contributed by atoms with Gasteiger partial charge in [-0.05, 0) is 30.3 Å². The molecule has 0 aliphatic rings. The Balaban J connectivity index is 2.26. The molecule has 0 amide bonds. The van der Waals surface area contributed by atoms with E-state index in [1.54, 1.807) is 10.7 Å². The lowest BCUT2D eigenvalue weighted by Crippen LogP contribution is -2.02. The molecule has 0 fully saturated rings. The fraction of sp³-hybridized carbons (Fsp3) is 0.0769. The monoisotopic (exact) mass is 243 g/mol. The minimum atomic E-state index is -0.382. The van der Waals surface area contributed by atoms with Crippen molar-refractivity contribution in [1.82, 2.24) is 15.0 Å². The maximum Gasteiger partial charge on any atom is 0.123 e. The fourth-order valence-electron chi connectivity index (χ4n) is 1.93. The Kier molecular flexibility index (Phi) is 2.53. The van der Waals surface area contributed by atoms with Crippen LogP contribution in [0.25, 0.3) is 16.7 Å². The van der Waals surface area contributed by atoms with Gasteiger partial charge in [-0.3, -0.25) is 0 Å². The molecule has 0 atom stereocenters. The summed E-state index contributed by atoms with van der Waals surface area (Å²) in [5, 5.41) is 17.4. The minimum Gasteiger partial charge on any atom is -0.392 e. The highest BCUT2D eigenvalue weighted by Crippen LogP contribution is 2.20. The van der Waals surface area contributed by atoms with Crippen molar-refractivity contribution in [2.45, 2.75) is 6.61 Å². The van der Waals surface area contributed by atoms with Gasteiger partial charge in [-0.2, -0.15) is 0 Å². The molecule has 2 aromatic carbocycles. The van der Waals surface area contributed by atoms with Gasteiger partial charge in [0.1, 0.15) is 11.3 Å². The van der Waals surface area contributed by atoms with Gasteiger partial charge < -0.3 is 5.11 Å². The number of aromatic nitrogens is 3. The van der Waals surface area contributed by atoms with Gasteiger partial charge >= 0.3 is 0 Å². The van der Waals surface area contributed by atoms with E-state index < -0.39 is 0 Å². The molecule has 5 heteroatoms. The van der Waals surface area contributed by atoms with E-state index >= 15 is 0 Å². The Morgan fingerprint density at radius 1 is 1.17 bits per heavy atom. The fourth-order valence-corrected chi connectivity index (χ4v) is 1.93. The molecule has 4 nitrogen and oxygen atoms in total. The summed E-state index contributed by atoms with van der Waals surface area (Å²) >= 11 is 0. The molecule has 0 spiro atoms. The van der Waals surface area contributed by atoms with Gasteiger partial charge in [-0.25, -0.2) is 9.07 Å². The molecule has 0 saturated carbocycles. The number of fused-ring (bicyclic) bond motifs is 1. The van der Waals surface area contributed by atoms with E-state index in [0.717, 1.165) is 11.0 Å². The Morgan fingerprint density at radius 3 is 2.83 bits per heavy atom. The number of rotatable bonds is 2. The lowest BCUT2D eigenvalue weighted by atomic mass is 10.2. The Labute approximate surface area is 102 Å². The van der Waals surface area contributed by atoms with Gasteiger partial charge in [0.05, 0.1) is 17.8 Å². The molecule has 1 heterocycles. The zero-order chi connectivity index (χ0) is 12.5. The minimum absolute atomic E-state index is 0.249. The van der Waals surface area contributed by atoms with Crippen molar-refractivity contribution in [2.24, 2.45) is 0 Å². The van der Waals surface area contributed by atoms with Gasteiger partial charge in [-0.15, -0.1) is 5.10 Å². The third-order valence-electron chi connectivity index (χ3n) is 2.79. The summed E-state index contributed by atoms with van der Waals surface area (Å²) in [5.74, 6) is -0.382. The van der Waals surface area contributed by atoms with E-state index in [1.807, 2.05) is 24.3 Å². The first-order valence-corrected chi connectivity index (χ1v) is 5.49. The number of para-hydroxylation sites is 1. The normalized spacial score (nSPS) is 11.0. The first-order chi connectivity index (χ1) is 8.79. The molecule has 0 unspecified atom stereocenters. The number of nitrogens with zero attached hydrogens (tertiary/aromatic N) is 3. The van der Waals surface area contributed by atoms with Crippen LogP contribution in [-0.4, -0.2) is 20.1 Å². The maximum atomic E-state index is 13.1. The van der Waals surface area contributed by atoms with Gasteiger partial charge in [0.15, 0.2) is 0 Å². The Hall–Kier alpha value is -2.27. The number of halogens is 1. The third-order valence-corrected chi connectivity index (χ3v) is 2.79. The average molecular weight is 243 g/mol. The second-order valence-corrected chi connectivity index (χ2v) is 3.92. The highest BCUT2D eigenvalue weighted by Gasteiger charge is 2.10. The van der Waals surface area contributed by atoms with Crippen molar-refractivity contribution in [3.8, 4) is 5.69 Å². The predicted octanol–water partition coefficient (Wildman–Crippen LogP) is 2.05. The average Bonchev–Trinajstić information content (AvgIpc) is 2.82. The molecular formula is C13H10FN3O. The summed E-state index contributed by atoms with van der Waals surface area (Å²) in [4.78, 5) is 0. The van der Waals surface area contributed by atoms with Crippen molar-refractivity contribution in [2.75, 3.05) is 0 Å². The van der Waals surface area contributed by atoms with Gasteiger partial charge in [0.2, 0.25) is 0 Å². The Bertz CT molecular complexity index is 708. The van der Waals surface area contributed by atoms with E-state index in [2.05, 4.69) is 10.3 Å². The van der Waals surface area contributed by atoms with Crippen LogP contribution in [0.3, 0.4) is 0 Å². The van der Waals surface area contributed by atoms with Crippen LogP contribution in [-0.2, 0) is 6.61 Å². The van der Waals surface area contributed by atoms with E-state index in [-0.39, 0.29) is 12.4 Å². The smallest absolute Gasteiger partial charge is 0.123 e. The van der Waals surface area contributed by atoms with E-state index in [0.29, 0.717) is 11.3 Å². The quantitative estimate of drug-likeness (QED) is 0.749. The molecule has 3 rings (SSSR count). The van der Waals surface area contributed by atoms with E-state index in [1.165, 1.54) is 12.1 Å². The van der Waals surface area contributed by atoms with Crippen LogP contribution in [0.5, 0.6) is 0 Å². The Morgan fingerprint density at radius 2 is 2.00 bits per heavy atom. The van der Waals surface area contributed by atoms with E-state index in [4.69, 9.17) is 0 Å². The number of aliphatic hydroxyl groups is 1. The topological polar surface area (TPSA) is 50.9 Å². The molecule has 3 aromatic rings. The van der Waals surface area contributed by atoms with Crippen molar-refractivity contribution in [1.29, 1.82) is 0 Å². The zero-order valence-corrected chi connectivity index (χ0v) is 9.42. The summed E-state index contributed by atoms with van der Waals surface area (Å²) < 4.78 is 14.7. The van der Waals surface area contributed by atoms with Crippen molar-refractivity contribution in [3.63, 3.8) is 0 Å². The summed E-state index contributed by atoms with van der Waals surface area (Å²) in [7, 11) is 0. The summed E-state index contributed by atoms with van der Waals surface area (Å²) in [5.41, 5.74) is 2.68. The molecule has 0 saturated heterocycles. The number of hydrogen-bond acceptors (Lipinski definition) is 3. The van der Waals surface area contributed by atoms with Crippen LogP contribution < -0.4 is 0 Å². The van der Waals surface area contributed by atoms with Crippen LogP contribution in [0.4, 0.5) is 4.39 Å². The van der Waals surface area contributed by atoms with Gasteiger partial charge in [0.25, 0.3) is 0 Å². The standard InChI is InChI=1S/C13H10FN3O/c14-10-5-6-12(9(7-10)8-18)17-13-4-2-1-3-11(13)15-16-17/h1-7,18H,8H2. The highest BCUT2D eigenvalue weighted by atomic mass is 19.1. The largest absolute Gasteiger partial charge is 0.392 e. The SMILES string of the molecule is OCc1cc(F)ccc1-n1nnc2ccccc21. The molecule has 90 valence electrons. The lowest BCUT2D eigenvalue weighted by molar-refractivity contribution is 0.280. The predicted molar refractivity (Wildman–Crippen MR) is 64.7 cm³/mol. The molecule has 18 heavy (non-hydrogen) atoms. The third kappa shape index (κ3) is 1.65. The number of aliphatic hydroxyl groups excluding tert-OH is 1. The van der Waals surface area contributed by atoms with Crippen LogP contribution in [0.2, 0.25) is 0 Å². The zero-order valence-electron chi connectivity index (χ0n) is 9.42. The first kappa shape index (κ1) is 10.9. The molecule has 0 bridgehead atoms. The van der Waals surface area contributed by atoms with Crippen LogP contribution in [0.15, 0.2) is 42.5 Å². The van der Waals surface area contributed by atoms with Crippen LogP contribution >= 0.6 is 0 Å².